The number of nitrogens with one attached hydrogen (secondary N) is 1. The number of nitriles is 3. The molecule has 0 radical (unpaired) electrons. The topological polar surface area (TPSA) is 95.9 Å². The first-order chi connectivity index (χ1) is 12.1. The van der Waals surface area contributed by atoms with Crippen LogP contribution in [0.1, 0.15) is 12.8 Å². The maximum Gasteiger partial charge on any atom is 0.178 e. The van der Waals surface area contributed by atoms with Crippen LogP contribution in [0.3, 0.4) is 0 Å². The van der Waals surface area contributed by atoms with E-state index in [1.165, 1.54) is 18.2 Å². The third-order valence-electron chi connectivity index (χ3n) is 4.11. The predicted molar refractivity (Wildman–Crippen MR) is 89.6 cm³/mol. The number of likely N-dealkylation sites (tertiary alicyclic amines) is 1. The lowest BCUT2D eigenvalue weighted by Gasteiger charge is -2.29. The van der Waals surface area contributed by atoms with Gasteiger partial charge in [-0.05, 0) is 51.0 Å². The second-order valence-electron chi connectivity index (χ2n) is 5.88. The summed E-state index contributed by atoms with van der Waals surface area (Å²) in [6, 6.07) is 9.30. The van der Waals surface area contributed by atoms with E-state index >= 15 is 0 Å². The molecule has 6 nitrogen and oxygen atoms in total. The number of piperidine rings is 1. The van der Waals surface area contributed by atoms with Gasteiger partial charge in [0, 0.05) is 0 Å². The SMILES string of the molecule is CN1CCC(COc2c(F)cccc2NC(C#N)=C(C#N)C#N)CC1. The Hall–Kier alpha value is -3.08. The van der Waals surface area contributed by atoms with Crippen LogP contribution in [0.2, 0.25) is 0 Å². The van der Waals surface area contributed by atoms with Gasteiger partial charge in [0.2, 0.25) is 0 Å². The minimum Gasteiger partial charge on any atom is -0.488 e. The quantitative estimate of drug-likeness (QED) is 0.829. The molecule has 1 N–H and O–H groups in total. The average molecular weight is 339 g/mol. The third-order valence-corrected chi connectivity index (χ3v) is 4.11. The first-order valence-corrected chi connectivity index (χ1v) is 7.90. The Morgan fingerprint density at radius 1 is 1.24 bits per heavy atom. The number of allylic oxidation sites excluding steroid dienone is 2. The number of ether oxygens (including phenoxy) is 1. The number of benzene rings is 1. The van der Waals surface area contributed by atoms with Gasteiger partial charge >= 0.3 is 0 Å². The molecule has 1 aliphatic rings. The molecule has 0 amide bonds. The summed E-state index contributed by atoms with van der Waals surface area (Å²) in [5.41, 5.74) is -0.389. The molecule has 0 saturated carbocycles. The highest BCUT2D eigenvalue weighted by atomic mass is 19.1. The smallest absolute Gasteiger partial charge is 0.178 e. The van der Waals surface area contributed by atoms with Crippen LogP contribution in [-0.4, -0.2) is 31.6 Å². The summed E-state index contributed by atoms with van der Waals surface area (Å²) < 4.78 is 19.9. The van der Waals surface area contributed by atoms with Crippen molar-refractivity contribution in [3.8, 4) is 24.0 Å². The van der Waals surface area contributed by atoms with Gasteiger partial charge < -0.3 is 15.0 Å². The van der Waals surface area contributed by atoms with Crippen LogP contribution < -0.4 is 10.1 Å². The minimum absolute atomic E-state index is 0.00981. The molecule has 0 bridgehead atoms. The lowest BCUT2D eigenvalue weighted by molar-refractivity contribution is 0.157. The van der Waals surface area contributed by atoms with Crippen LogP contribution in [0.4, 0.5) is 10.1 Å². The second kappa shape index (κ2) is 8.68. The molecule has 0 aromatic heterocycles. The van der Waals surface area contributed by atoms with Crippen LogP contribution in [0, 0.1) is 45.7 Å². The number of nitrogens with zero attached hydrogens (tertiary/aromatic N) is 4. The van der Waals surface area contributed by atoms with Gasteiger partial charge in [-0.25, -0.2) is 4.39 Å². The van der Waals surface area contributed by atoms with E-state index in [1.54, 1.807) is 18.2 Å². The molecule has 128 valence electrons. The van der Waals surface area contributed by atoms with E-state index in [4.69, 9.17) is 20.5 Å². The Balaban J connectivity index is 2.17. The van der Waals surface area contributed by atoms with Crippen molar-refractivity contribution in [2.75, 3.05) is 32.1 Å². The number of para-hydroxylation sites is 1. The van der Waals surface area contributed by atoms with Crippen molar-refractivity contribution in [2.24, 2.45) is 5.92 Å². The Kier molecular flexibility index (Phi) is 6.34. The Morgan fingerprint density at radius 3 is 2.52 bits per heavy atom. The van der Waals surface area contributed by atoms with E-state index in [0.717, 1.165) is 25.9 Å². The number of hydrogen-bond acceptors (Lipinski definition) is 6. The zero-order valence-electron chi connectivity index (χ0n) is 13.9. The molecule has 7 heteroatoms. The molecule has 0 aliphatic carbocycles. The summed E-state index contributed by atoms with van der Waals surface area (Å²) >= 11 is 0. The van der Waals surface area contributed by atoms with Crippen molar-refractivity contribution in [2.45, 2.75) is 12.8 Å². The standard InChI is InChI=1S/C18H18FN5O/c1-24-7-5-13(6-8-24)12-25-18-15(19)3-2-4-16(18)23-17(11-22)14(9-20)10-21/h2-4,13,23H,5-8,12H2,1H3. The minimum atomic E-state index is -0.564. The molecule has 1 aromatic rings. The van der Waals surface area contributed by atoms with Gasteiger partial charge in [0.1, 0.15) is 23.9 Å². The highest BCUT2D eigenvalue weighted by molar-refractivity contribution is 5.64. The van der Waals surface area contributed by atoms with E-state index in [0.29, 0.717) is 12.5 Å². The van der Waals surface area contributed by atoms with Crippen molar-refractivity contribution in [1.82, 2.24) is 4.90 Å². The normalized spacial score (nSPS) is 14.7. The van der Waals surface area contributed by atoms with Crippen molar-refractivity contribution in [1.29, 1.82) is 15.8 Å². The van der Waals surface area contributed by atoms with E-state index in [2.05, 4.69) is 17.3 Å². The summed E-state index contributed by atoms with van der Waals surface area (Å²) in [6.45, 7) is 2.33. The molecule has 0 spiro atoms. The second-order valence-corrected chi connectivity index (χ2v) is 5.88. The lowest BCUT2D eigenvalue weighted by Crippen LogP contribution is -2.32. The molecule has 0 atom stereocenters. The Labute approximate surface area is 146 Å². The lowest BCUT2D eigenvalue weighted by atomic mass is 9.98. The van der Waals surface area contributed by atoms with Gasteiger partial charge in [0.05, 0.1) is 12.3 Å². The Bertz CT molecular complexity index is 760. The molecule has 1 aliphatic heterocycles. The van der Waals surface area contributed by atoms with Gasteiger partial charge in [-0.1, -0.05) is 6.07 Å². The molecule has 0 unspecified atom stereocenters. The van der Waals surface area contributed by atoms with Crippen molar-refractivity contribution >= 4 is 5.69 Å². The molecular weight excluding hydrogens is 321 g/mol. The zero-order chi connectivity index (χ0) is 18.2. The van der Waals surface area contributed by atoms with E-state index < -0.39 is 5.82 Å². The molecule has 2 rings (SSSR count). The summed E-state index contributed by atoms with van der Waals surface area (Å²) in [4.78, 5) is 2.24. The summed E-state index contributed by atoms with van der Waals surface area (Å²) in [5.74, 6) is -0.237. The maximum atomic E-state index is 14.2. The maximum absolute atomic E-state index is 14.2. The monoisotopic (exact) mass is 339 g/mol. The fourth-order valence-electron chi connectivity index (χ4n) is 2.60. The first kappa shape index (κ1) is 18.3. The molecule has 1 saturated heterocycles. The van der Waals surface area contributed by atoms with E-state index in [-0.39, 0.29) is 22.7 Å². The van der Waals surface area contributed by atoms with Crippen molar-refractivity contribution < 1.29 is 9.13 Å². The number of rotatable bonds is 5. The van der Waals surface area contributed by atoms with Crippen LogP contribution in [0.5, 0.6) is 5.75 Å². The number of anilines is 1. The average Bonchev–Trinajstić information content (AvgIpc) is 2.62. The van der Waals surface area contributed by atoms with Crippen LogP contribution in [0.15, 0.2) is 29.5 Å². The zero-order valence-corrected chi connectivity index (χ0v) is 13.9. The fourth-order valence-corrected chi connectivity index (χ4v) is 2.60. The van der Waals surface area contributed by atoms with Crippen LogP contribution in [-0.2, 0) is 0 Å². The number of halogens is 1. The summed E-state index contributed by atoms with van der Waals surface area (Å²) in [5, 5.41) is 29.5. The van der Waals surface area contributed by atoms with Crippen molar-refractivity contribution in [3.63, 3.8) is 0 Å². The van der Waals surface area contributed by atoms with Gasteiger partial charge in [-0.2, -0.15) is 15.8 Å². The van der Waals surface area contributed by atoms with Crippen molar-refractivity contribution in [3.05, 3.63) is 35.3 Å². The predicted octanol–water partition coefficient (Wildman–Crippen LogP) is 2.78. The third kappa shape index (κ3) is 4.70. The van der Waals surface area contributed by atoms with Crippen LogP contribution in [0.25, 0.3) is 0 Å². The van der Waals surface area contributed by atoms with Gasteiger partial charge in [-0.3, -0.25) is 0 Å². The van der Waals surface area contributed by atoms with Gasteiger partial charge in [-0.15, -0.1) is 0 Å². The Morgan fingerprint density at radius 2 is 1.92 bits per heavy atom. The van der Waals surface area contributed by atoms with E-state index in [1.807, 2.05) is 0 Å². The van der Waals surface area contributed by atoms with Gasteiger partial charge in [0.25, 0.3) is 0 Å². The number of hydrogen-bond donors (Lipinski definition) is 1. The van der Waals surface area contributed by atoms with Gasteiger partial charge in [0.15, 0.2) is 17.1 Å². The summed E-state index contributed by atoms with van der Waals surface area (Å²) in [7, 11) is 2.06. The van der Waals surface area contributed by atoms with Crippen LogP contribution >= 0.6 is 0 Å². The largest absolute Gasteiger partial charge is 0.488 e. The molecular formula is C18H18FN5O. The molecule has 1 fully saturated rings. The molecule has 25 heavy (non-hydrogen) atoms. The highest BCUT2D eigenvalue weighted by Gasteiger charge is 2.19. The molecule has 1 heterocycles. The molecule has 1 aromatic carbocycles. The first-order valence-electron chi connectivity index (χ1n) is 7.90. The fraction of sp³-hybridized carbons (Fsp3) is 0.389. The highest BCUT2D eigenvalue weighted by Crippen LogP contribution is 2.30. The summed E-state index contributed by atoms with van der Waals surface area (Å²) in [6.07, 6.45) is 1.95. The van der Waals surface area contributed by atoms with E-state index in [9.17, 15) is 4.39 Å².